The number of nitrogens with zero attached hydrogens (tertiary/aromatic N) is 7. The summed E-state index contributed by atoms with van der Waals surface area (Å²) in [6.07, 6.45) is 15.5. The molecule has 5 saturated carbocycles. The van der Waals surface area contributed by atoms with Gasteiger partial charge in [0.15, 0.2) is 5.65 Å². The van der Waals surface area contributed by atoms with Crippen LogP contribution in [0.25, 0.3) is 22.3 Å². The number of rotatable bonds is 8. The third-order valence-corrected chi connectivity index (χ3v) is 15.2. The van der Waals surface area contributed by atoms with Crippen LogP contribution in [0.15, 0.2) is 60.9 Å². The van der Waals surface area contributed by atoms with E-state index in [9.17, 15) is 4.79 Å². The molecule has 2 aromatic heterocycles. The Morgan fingerprint density at radius 3 is 2.06 bits per heavy atom. The number of para-hydroxylation sites is 1. The van der Waals surface area contributed by atoms with E-state index in [1.54, 1.807) is 6.33 Å². The lowest BCUT2D eigenvalue weighted by molar-refractivity contribution is -0.146. The summed E-state index contributed by atoms with van der Waals surface area (Å²) in [6, 6.07) is 19.4. The Bertz CT molecular complexity index is 1970. The minimum Gasteiger partial charge on any atom is -0.457 e. The van der Waals surface area contributed by atoms with E-state index in [0.717, 1.165) is 109 Å². The maximum absolute atomic E-state index is 13.5. The number of fused-ring (bicyclic) bond motifs is 2. The van der Waals surface area contributed by atoms with E-state index in [-0.39, 0.29) is 6.04 Å². The molecule has 4 aromatic rings. The van der Waals surface area contributed by atoms with Crippen molar-refractivity contribution in [3.63, 3.8) is 0 Å². The molecule has 0 radical (unpaired) electrons. The molecule has 3 aliphatic heterocycles. The van der Waals surface area contributed by atoms with Crippen molar-refractivity contribution >= 4 is 22.8 Å². The molecule has 2 N–H and O–H groups in total. The van der Waals surface area contributed by atoms with Crippen molar-refractivity contribution in [3.8, 4) is 22.8 Å². The van der Waals surface area contributed by atoms with Crippen LogP contribution in [0.1, 0.15) is 76.7 Å². The second kappa shape index (κ2) is 13.0. The number of aromatic nitrogens is 4. The van der Waals surface area contributed by atoms with Gasteiger partial charge in [-0.2, -0.15) is 5.10 Å². The highest BCUT2D eigenvalue weighted by Crippen LogP contribution is 2.61. The summed E-state index contributed by atoms with van der Waals surface area (Å²) in [6.45, 7) is 6.56. The van der Waals surface area contributed by atoms with Gasteiger partial charge < -0.3 is 20.3 Å². The van der Waals surface area contributed by atoms with Crippen LogP contribution in [-0.2, 0) is 4.79 Å². The molecule has 5 heterocycles. The average molecular weight is 727 g/mol. The summed E-state index contributed by atoms with van der Waals surface area (Å²) in [7, 11) is 0. The fraction of sp³-hybridized carbons (Fsp3) is 0.591. The highest BCUT2D eigenvalue weighted by atomic mass is 16.5. The number of ether oxygens (including phenoxy) is 1. The molecular formula is C44H54N8O2. The average Bonchev–Trinajstić information content (AvgIpc) is 3.84. The van der Waals surface area contributed by atoms with Gasteiger partial charge in [0, 0.05) is 63.3 Å². The molecule has 54 heavy (non-hydrogen) atoms. The number of benzene rings is 2. The molecule has 12 rings (SSSR count). The normalized spacial score (nSPS) is 32.7. The minimum absolute atomic E-state index is 0.274. The summed E-state index contributed by atoms with van der Waals surface area (Å²) in [5.74, 6) is 6.87. The number of hydrogen-bond acceptors (Lipinski definition) is 8. The topological polar surface area (TPSA) is 106 Å². The lowest BCUT2D eigenvalue weighted by Crippen LogP contribution is -2.61. The van der Waals surface area contributed by atoms with Crippen LogP contribution < -0.4 is 10.5 Å². The number of amides is 1. The fourth-order valence-corrected chi connectivity index (χ4v) is 13.0. The molecule has 8 fully saturated rings. The van der Waals surface area contributed by atoms with Crippen molar-refractivity contribution < 1.29 is 9.53 Å². The molecule has 2 aromatic carbocycles. The summed E-state index contributed by atoms with van der Waals surface area (Å²) < 4.78 is 8.16. The summed E-state index contributed by atoms with van der Waals surface area (Å²) in [5.41, 5.74) is 9.45. The van der Waals surface area contributed by atoms with Gasteiger partial charge in [-0.1, -0.05) is 18.2 Å². The number of nitrogens with two attached hydrogens (primary N) is 1. The molecule has 10 nitrogen and oxygen atoms in total. The van der Waals surface area contributed by atoms with E-state index in [0.29, 0.717) is 29.2 Å². The third-order valence-electron chi connectivity index (χ3n) is 15.2. The zero-order valence-electron chi connectivity index (χ0n) is 31.4. The van der Waals surface area contributed by atoms with Crippen LogP contribution in [-0.4, -0.2) is 91.7 Å². The van der Waals surface area contributed by atoms with Crippen molar-refractivity contribution in [1.82, 2.24) is 34.4 Å². The van der Waals surface area contributed by atoms with Gasteiger partial charge in [-0.15, -0.1) is 0 Å². The number of hydrogen-bond donors (Lipinski definition) is 1. The number of likely N-dealkylation sites (tertiary alicyclic amines) is 3. The van der Waals surface area contributed by atoms with Crippen LogP contribution in [0, 0.1) is 35.0 Å². The predicted molar refractivity (Wildman–Crippen MR) is 209 cm³/mol. The van der Waals surface area contributed by atoms with E-state index in [1.807, 2.05) is 54.6 Å². The fourth-order valence-electron chi connectivity index (χ4n) is 13.0. The number of carbonyl (C=O) groups excluding carboxylic acids is 1. The van der Waals surface area contributed by atoms with Gasteiger partial charge in [-0.3, -0.25) is 9.69 Å². The zero-order chi connectivity index (χ0) is 36.0. The molecule has 0 spiro atoms. The Hall–Kier alpha value is -4.02. The molecule has 4 bridgehead atoms. The zero-order valence-corrected chi connectivity index (χ0v) is 31.4. The number of piperidine rings is 1. The van der Waals surface area contributed by atoms with Gasteiger partial charge >= 0.3 is 0 Å². The maximum atomic E-state index is 13.5. The number of anilines is 1. The van der Waals surface area contributed by atoms with Crippen LogP contribution in [0.5, 0.6) is 11.5 Å². The first kappa shape index (κ1) is 33.3. The molecule has 5 aliphatic carbocycles. The highest BCUT2D eigenvalue weighted by Gasteiger charge is 2.53. The number of carbonyl (C=O) groups is 1. The second-order valence-corrected chi connectivity index (χ2v) is 18.6. The lowest BCUT2D eigenvalue weighted by Gasteiger charge is -2.57. The van der Waals surface area contributed by atoms with Crippen molar-refractivity contribution in [2.45, 2.75) is 88.8 Å². The summed E-state index contributed by atoms with van der Waals surface area (Å²) in [5, 5.41) is 6.00. The summed E-state index contributed by atoms with van der Waals surface area (Å²) in [4.78, 5) is 30.3. The van der Waals surface area contributed by atoms with Gasteiger partial charge in [0.05, 0.1) is 11.4 Å². The Morgan fingerprint density at radius 2 is 1.39 bits per heavy atom. The predicted octanol–water partition coefficient (Wildman–Crippen LogP) is 7.03. The Balaban J connectivity index is 0.685. The second-order valence-electron chi connectivity index (χ2n) is 18.6. The Labute approximate surface area is 318 Å². The maximum Gasteiger partial charge on any atom is 0.223 e. The molecule has 8 aliphatic rings. The molecular weight excluding hydrogens is 673 g/mol. The largest absolute Gasteiger partial charge is 0.457 e. The first-order valence-electron chi connectivity index (χ1n) is 21.0. The van der Waals surface area contributed by atoms with Gasteiger partial charge in [-0.25, -0.2) is 14.6 Å². The quantitative estimate of drug-likeness (QED) is 0.206. The van der Waals surface area contributed by atoms with Gasteiger partial charge in [0.2, 0.25) is 5.91 Å². The smallest absolute Gasteiger partial charge is 0.223 e. The van der Waals surface area contributed by atoms with Crippen LogP contribution in [0.2, 0.25) is 0 Å². The van der Waals surface area contributed by atoms with Crippen molar-refractivity contribution in [2.24, 2.45) is 35.0 Å². The molecule has 1 amide bonds. The monoisotopic (exact) mass is 726 g/mol. The van der Waals surface area contributed by atoms with Gasteiger partial charge in [0.25, 0.3) is 0 Å². The van der Waals surface area contributed by atoms with E-state index in [2.05, 4.69) is 24.4 Å². The van der Waals surface area contributed by atoms with E-state index < -0.39 is 0 Å². The van der Waals surface area contributed by atoms with Gasteiger partial charge in [0.1, 0.15) is 29.3 Å². The SMILES string of the molecule is Nc1ncnc2c1c(-c1ccc(Oc3ccccc3)cc1)nn2C1CCN(C2C[C@@H]3CN(C4CN(C(=O)CC56CC7CC(CC(C7)C5)C6)C4)C[C@@H]3C2)CC1. The Kier molecular flexibility index (Phi) is 8.05. The molecule has 282 valence electrons. The van der Waals surface area contributed by atoms with E-state index in [1.165, 1.54) is 64.5 Å². The first-order valence-corrected chi connectivity index (χ1v) is 21.0. The third kappa shape index (κ3) is 5.90. The standard InChI is InChI=1S/C44H54N8O2/c45-42-40-41(31-6-8-38(9-7-31)54-37-4-2-1-3-5-37)48-52(43(40)47-27-46-42)34-10-12-49(13-11-34)35-17-32-23-50(24-33(32)18-35)36-25-51(26-36)39(53)22-44-19-28-14-29(20-44)16-30(15-28)21-44/h1-9,27-30,32-36H,10-26H2,(H2,45,46,47)/t28?,29?,30?,32-,33+,35?,44?. The van der Waals surface area contributed by atoms with Crippen LogP contribution >= 0.6 is 0 Å². The minimum atomic E-state index is 0.274. The van der Waals surface area contributed by atoms with Crippen LogP contribution in [0.4, 0.5) is 5.82 Å². The van der Waals surface area contributed by atoms with Crippen molar-refractivity contribution in [2.75, 3.05) is 45.0 Å². The summed E-state index contributed by atoms with van der Waals surface area (Å²) >= 11 is 0. The van der Waals surface area contributed by atoms with Gasteiger partial charge in [-0.05, 0) is 136 Å². The van der Waals surface area contributed by atoms with Crippen molar-refractivity contribution in [3.05, 3.63) is 60.9 Å². The Morgan fingerprint density at radius 1 is 0.741 bits per heavy atom. The van der Waals surface area contributed by atoms with Crippen molar-refractivity contribution in [1.29, 1.82) is 0 Å². The molecule has 3 saturated heterocycles. The lowest BCUT2D eigenvalue weighted by atomic mass is 9.49. The van der Waals surface area contributed by atoms with E-state index >= 15 is 0 Å². The molecule has 3 atom stereocenters. The first-order chi connectivity index (χ1) is 26.4. The molecule has 10 heteroatoms. The number of nitrogen functional groups attached to an aromatic ring is 1. The van der Waals surface area contributed by atoms with Crippen LogP contribution in [0.3, 0.4) is 0 Å². The van der Waals surface area contributed by atoms with E-state index in [4.69, 9.17) is 20.6 Å². The highest BCUT2D eigenvalue weighted by molar-refractivity contribution is 5.98. The molecule has 1 unspecified atom stereocenters.